The van der Waals surface area contributed by atoms with Gasteiger partial charge in [-0.05, 0) is 18.3 Å². The van der Waals surface area contributed by atoms with Crippen molar-refractivity contribution in [3.63, 3.8) is 0 Å². The van der Waals surface area contributed by atoms with Gasteiger partial charge in [0.2, 0.25) is 6.04 Å². The van der Waals surface area contributed by atoms with Crippen LogP contribution < -0.4 is 0 Å². The molecule has 3 aliphatic rings. The largest absolute Gasteiger partial charge is 0.264 e. The van der Waals surface area contributed by atoms with E-state index in [1.807, 2.05) is 6.08 Å². The molecule has 0 radical (unpaired) electrons. The van der Waals surface area contributed by atoms with Crippen molar-refractivity contribution in [2.45, 2.75) is 32.2 Å². The summed E-state index contributed by atoms with van der Waals surface area (Å²) in [6.45, 7) is 2.12. The molecule has 0 spiro atoms. The van der Waals surface area contributed by atoms with Gasteiger partial charge < -0.3 is 0 Å². The average Bonchev–Trinajstić information content (AvgIpc) is 2.04. The first-order valence-corrected chi connectivity index (χ1v) is 4.44. The van der Waals surface area contributed by atoms with Crippen molar-refractivity contribution in [3.05, 3.63) is 22.3 Å². The summed E-state index contributed by atoms with van der Waals surface area (Å²) >= 11 is 0. The Morgan fingerprint density at radius 3 is 2.75 bits per heavy atom. The lowest BCUT2D eigenvalue weighted by atomic mass is 9.64. The number of nitro groups is 1. The third kappa shape index (κ3) is 1.04. The van der Waals surface area contributed by atoms with E-state index >= 15 is 0 Å². The van der Waals surface area contributed by atoms with Gasteiger partial charge in [0, 0.05) is 17.3 Å². The molecule has 0 aromatic heterocycles. The van der Waals surface area contributed by atoms with Crippen LogP contribution in [0, 0.1) is 21.4 Å². The van der Waals surface area contributed by atoms with E-state index in [1.54, 1.807) is 0 Å². The molecule has 3 aliphatic carbocycles. The smallest absolute Gasteiger partial charge is 0.220 e. The number of allylic oxidation sites excluding steroid dienone is 1. The summed E-state index contributed by atoms with van der Waals surface area (Å²) < 4.78 is 0. The fraction of sp³-hybridized carbons (Fsp3) is 0.778. The van der Waals surface area contributed by atoms with E-state index < -0.39 is 0 Å². The van der Waals surface area contributed by atoms with Gasteiger partial charge in [-0.15, -0.1) is 0 Å². The van der Waals surface area contributed by atoms with E-state index in [-0.39, 0.29) is 22.3 Å². The van der Waals surface area contributed by atoms with Gasteiger partial charge in [0.1, 0.15) is 0 Å². The lowest BCUT2D eigenvalue weighted by molar-refractivity contribution is -0.537. The Bertz CT molecular complexity index is 249. The van der Waals surface area contributed by atoms with Crippen LogP contribution in [0.5, 0.6) is 0 Å². The van der Waals surface area contributed by atoms with E-state index in [4.69, 9.17) is 0 Å². The Hall–Kier alpha value is -0.860. The molecule has 1 saturated carbocycles. The van der Waals surface area contributed by atoms with Crippen LogP contribution in [0.4, 0.5) is 0 Å². The molecule has 0 N–H and O–H groups in total. The van der Waals surface area contributed by atoms with Gasteiger partial charge in [-0.2, -0.15) is 0 Å². The van der Waals surface area contributed by atoms with Gasteiger partial charge in [-0.25, -0.2) is 0 Å². The molecule has 3 rings (SSSR count). The third-order valence-electron chi connectivity index (χ3n) is 3.24. The minimum Gasteiger partial charge on any atom is -0.264 e. The first-order chi connectivity index (χ1) is 5.61. The maximum Gasteiger partial charge on any atom is 0.220 e. The quantitative estimate of drug-likeness (QED) is 0.340. The summed E-state index contributed by atoms with van der Waals surface area (Å²) in [4.78, 5) is 10.6. The molecule has 3 heteroatoms. The SMILES string of the molecule is CC12C=CC(CC1)C([N+](=O)[O-])C2. The van der Waals surface area contributed by atoms with E-state index in [1.165, 1.54) is 0 Å². The van der Waals surface area contributed by atoms with Gasteiger partial charge in [0.25, 0.3) is 0 Å². The van der Waals surface area contributed by atoms with Crippen molar-refractivity contribution in [1.29, 1.82) is 0 Å². The molecule has 3 nitrogen and oxygen atoms in total. The van der Waals surface area contributed by atoms with Crippen molar-refractivity contribution in [3.8, 4) is 0 Å². The Balaban J connectivity index is 2.25. The molecule has 1 fully saturated rings. The van der Waals surface area contributed by atoms with Gasteiger partial charge >= 0.3 is 0 Å². The topological polar surface area (TPSA) is 43.1 Å². The molecule has 0 aromatic rings. The summed E-state index contributed by atoms with van der Waals surface area (Å²) in [6.07, 6.45) is 7.07. The predicted octanol–water partition coefficient (Wildman–Crippen LogP) is 2.01. The monoisotopic (exact) mass is 167 g/mol. The number of hydrogen-bond acceptors (Lipinski definition) is 2. The first kappa shape index (κ1) is 7.77. The Kier molecular flexibility index (Phi) is 1.50. The Labute approximate surface area is 71.6 Å². The van der Waals surface area contributed by atoms with Crippen molar-refractivity contribution in [2.24, 2.45) is 11.3 Å². The molecular formula is C9H13NO2. The molecule has 0 saturated heterocycles. The molecule has 2 bridgehead atoms. The molecule has 0 aliphatic heterocycles. The second kappa shape index (κ2) is 2.31. The highest BCUT2D eigenvalue weighted by atomic mass is 16.6. The van der Waals surface area contributed by atoms with E-state index in [0.29, 0.717) is 0 Å². The molecule has 3 unspecified atom stereocenters. The van der Waals surface area contributed by atoms with Crippen molar-refractivity contribution in [2.75, 3.05) is 0 Å². The zero-order chi connectivity index (χ0) is 8.77. The fourth-order valence-electron chi connectivity index (χ4n) is 2.38. The van der Waals surface area contributed by atoms with Gasteiger partial charge in [0.05, 0.1) is 0 Å². The maximum atomic E-state index is 10.7. The van der Waals surface area contributed by atoms with Crippen LogP contribution in [-0.4, -0.2) is 11.0 Å². The zero-order valence-electron chi connectivity index (χ0n) is 7.19. The second-order valence-electron chi connectivity index (χ2n) is 4.27. The predicted molar refractivity (Wildman–Crippen MR) is 45.4 cm³/mol. The van der Waals surface area contributed by atoms with Crippen molar-refractivity contribution >= 4 is 0 Å². The second-order valence-corrected chi connectivity index (χ2v) is 4.27. The normalized spacial score (nSPS) is 44.8. The summed E-state index contributed by atoms with van der Waals surface area (Å²) in [5, 5.41) is 10.7. The summed E-state index contributed by atoms with van der Waals surface area (Å²) in [6, 6.07) is -0.311. The highest BCUT2D eigenvalue weighted by Gasteiger charge is 2.45. The van der Waals surface area contributed by atoms with Crippen LogP contribution in [-0.2, 0) is 0 Å². The number of fused-ring (bicyclic) bond motifs is 2. The van der Waals surface area contributed by atoms with Gasteiger partial charge in [0.15, 0.2) is 0 Å². The van der Waals surface area contributed by atoms with E-state index in [9.17, 15) is 10.1 Å². The lowest BCUT2D eigenvalue weighted by Gasteiger charge is -2.40. The molecule has 0 amide bonds. The lowest BCUT2D eigenvalue weighted by Crippen LogP contribution is -2.42. The van der Waals surface area contributed by atoms with Crippen molar-refractivity contribution < 1.29 is 4.92 Å². The van der Waals surface area contributed by atoms with Gasteiger partial charge in [-0.3, -0.25) is 10.1 Å². The first-order valence-electron chi connectivity index (χ1n) is 4.44. The van der Waals surface area contributed by atoms with Crippen LogP contribution in [0.1, 0.15) is 26.2 Å². The van der Waals surface area contributed by atoms with Crippen LogP contribution in [0.15, 0.2) is 12.2 Å². The molecule has 12 heavy (non-hydrogen) atoms. The molecule has 66 valence electrons. The number of rotatable bonds is 1. The minimum atomic E-state index is -0.311. The average molecular weight is 167 g/mol. The minimum absolute atomic E-state index is 0.106. The third-order valence-corrected chi connectivity index (χ3v) is 3.24. The number of hydrogen-bond donors (Lipinski definition) is 0. The van der Waals surface area contributed by atoms with Crippen LogP contribution in [0.2, 0.25) is 0 Å². The van der Waals surface area contributed by atoms with E-state index in [2.05, 4.69) is 13.0 Å². The highest BCUT2D eigenvalue weighted by molar-refractivity contribution is 5.12. The standard InChI is InChI=1S/C9H13NO2/c1-9-4-2-7(3-5-9)8(6-9)10(11)12/h2,4,7-8H,3,5-6H2,1H3. The zero-order valence-corrected chi connectivity index (χ0v) is 7.19. The summed E-state index contributed by atoms with van der Waals surface area (Å²) in [5.74, 6) is 0.210. The number of nitrogens with zero attached hydrogens (tertiary/aromatic N) is 1. The summed E-state index contributed by atoms with van der Waals surface area (Å²) in [7, 11) is 0. The Morgan fingerprint density at radius 2 is 2.42 bits per heavy atom. The highest BCUT2D eigenvalue weighted by Crippen LogP contribution is 2.45. The Morgan fingerprint density at radius 1 is 1.67 bits per heavy atom. The van der Waals surface area contributed by atoms with Crippen molar-refractivity contribution in [1.82, 2.24) is 0 Å². The molecule has 0 aromatic carbocycles. The van der Waals surface area contributed by atoms with Crippen LogP contribution in [0.25, 0.3) is 0 Å². The van der Waals surface area contributed by atoms with E-state index in [0.717, 1.165) is 19.3 Å². The summed E-state index contributed by atoms with van der Waals surface area (Å²) in [5.41, 5.74) is 0.118. The fourth-order valence-corrected chi connectivity index (χ4v) is 2.38. The molecular weight excluding hydrogens is 154 g/mol. The maximum absolute atomic E-state index is 10.7. The molecule has 3 atom stereocenters. The van der Waals surface area contributed by atoms with Gasteiger partial charge in [-0.1, -0.05) is 19.1 Å². The van der Waals surface area contributed by atoms with Crippen LogP contribution >= 0.6 is 0 Å². The molecule has 0 heterocycles. The van der Waals surface area contributed by atoms with Crippen LogP contribution in [0.3, 0.4) is 0 Å².